The first-order valence-corrected chi connectivity index (χ1v) is 9.31. The molecular formula is C17H29P. The molecule has 0 radical (unpaired) electrons. The van der Waals surface area contributed by atoms with Crippen molar-refractivity contribution >= 4 is 13.2 Å². The van der Waals surface area contributed by atoms with E-state index in [0.717, 1.165) is 0 Å². The lowest BCUT2D eigenvalue weighted by Crippen LogP contribution is -2.10. The summed E-state index contributed by atoms with van der Waals surface area (Å²) < 4.78 is 0. The lowest BCUT2D eigenvalue weighted by atomic mass is 10.2. The minimum absolute atomic E-state index is 0.100. The van der Waals surface area contributed by atoms with Crippen molar-refractivity contribution in [1.29, 1.82) is 0 Å². The van der Waals surface area contributed by atoms with E-state index >= 15 is 0 Å². The van der Waals surface area contributed by atoms with Crippen molar-refractivity contribution in [3.8, 4) is 0 Å². The number of benzene rings is 1. The van der Waals surface area contributed by atoms with E-state index in [-0.39, 0.29) is 7.92 Å². The molecule has 102 valence electrons. The van der Waals surface area contributed by atoms with E-state index < -0.39 is 0 Å². The monoisotopic (exact) mass is 264 g/mol. The van der Waals surface area contributed by atoms with E-state index in [1.807, 2.05) is 0 Å². The highest BCUT2D eigenvalue weighted by molar-refractivity contribution is 7.65. The van der Waals surface area contributed by atoms with E-state index in [9.17, 15) is 0 Å². The average molecular weight is 264 g/mol. The third-order valence-electron chi connectivity index (χ3n) is 3.52. The first-order valence-electron chi connectivity index (χ1n) is 7.60. The summed E-state index contributed by atoms with van der Waals surface area (Å²) in [6.07, 6.45) is 11.2. The predicted octanol–water partition coefficient (Wildman–Crippen LogP) is 5.48. The second kappa shape index (κ2) is 9.56. The van der Waals surface area contributed by atoms with Gasteiger partial charge in [0.15, 0.2) is 0 Å². The second-order valence-electron chi connectivity index (χ2n) is 5.19. The Morgan fingerprint density at radius 3 is 1.89 bits per heavy atom. The summed E-state index contributed by atoms with van der Waals surface area (Å²) in [7, 11) is 0.100. The third-order valence-corrected chi connectivity index (χ3v) is 6.41. The summed E-state index contributed by atoms with van der Waals surface area (Å²) in [5.74, 6) is 0. The Bertz CT molecular complexity index is 309. The van der Waals surface area contributed by atoms with Gasteiger partial charge in [0.1, 0.15) is 0 Å². The van der Waals surface area contributed by atoms with Crippen LogP contribution >= 0.6 is 7.92 Å². The summed E-state index contributed by atoms with van der Waals surface area (Å²) in [5.41, 5.74) is 1.51. The first kappa shape index (κ1) is 15.7. The molecule has 0 spiro atoms. The van der Waals surface area contributed by atoms with Crippen molar-refractivity contribution in [3.63, 3.8) is 0 Å². The summed E-state index contributed by atoms with van der Waals surface area (Å²) in [4.78, 5) is 0. The molecule has 0 bridgehead atoms. The van der Waals surface area contributed by atoms with Crippen LogP contribution in [0.4, 0.5) is 0 Å². The molecule has 0 atom stereocenters. The maximum atomic E-state index is 2.37. The van der Waals surface area contributed by atoms with Crippen LogP contribution in [0.15, 0.2) is 24.3 Å². The molecular weight excluding hydrogens is 235 g/mol. The van der Waals surface area contributed by atoms with Gasteiger partial charge in [0.2, 0.25) is 0 Å². The van der Waals surface area contributed by atoms with Gasteiger partial charge in [-0.2, -0.15) is 0 Å². The van der Waals surface area contributed by atoms with Crippen LogP contribution in [0.2, 0.25) is 0 Å². The Balaban J connectivity index is 2.60. The Hall–Kier alpha value is -0.350. The number of aryl methyl sites for hydroxylation is 1. The highest BCUT2D eigenvalue weighted by Crippen LogP contribution is 2.38. The zero-order valence-electron chi connectivity index (χ0n) is 12.4. The Kier molecular flexibility index (Phi) is 8.34. The molecule has 0 aliphatic heterocycles. The molecule has 1 heteroatoms. The molecule has 0 saturated heterocycles. The van der Waals surface area contributed by atoms with Crippen LogP contribution in [0.25, 0.3) is 0 Å². The number of hydrogen-bond donors (Lipinski definition) is 0. The van der Waals surface area contributed by atoms with Crippen molar-refractivity contribution in [2.75, 3.05) is 12.3 Å². The number of unbranched alkanes of at least 4 members (excludes halogenated alkanes) is 4. The molecule has 0 aromatic heterocycles. The van der Waals surface area contributed by atoms with Gasteiger partial charge in [-0.3, -0.25) is 0 Å². The maximum absolute atomic E-state index is 2.37. The van der Waals surface area contributed by atoms with Gasteiger partial charge >= 0.3 is 0 Å². The van der Waals surface area contributed by atoms with Gasteiger partial charge in [0.05, 0.1) is 0 Å². The molecule has 0 heterocycles. The largest absolute Gasteiger partial charge is 0.0750 e. The van der Waals surface area contributed by atoms with Crippen molar-refractivity contribution in [3.05, 3.63) is 29.8 Å². The molecule has 0 aliphatic rings. The van der Waals surface area contributed by atoms with Gasteiger partial charge in [-0.05, 0) is 43.0 Å². The molecule has 0 saturated carbocycles. The van der Waals surface area contributed by atoms with Gasteiger partial charge in [0, 0.05) is 0 Å². The van der Waals surface area contributed by atoms with E-state index in [4.69, 9.17) is 0 Å². The van der Waals surface area contributed by atoms with E-state index in [0.29, 0.717) is 0 Å². The van der Waals surface area contributed by atoms with E-state index in [1.165, 1.54) is 56.4 Å². The summed E-state index contributed by atoms with van der Waals surface area (Å²) in [6, 6.07) is 9.05. The van der Waals surface area contributed by atoms with E-state index in [1.54, 1.807) is 5.30 Å². The minimum atomic E-state index is 0.100. The van der Waals surface area contributed by atoms with Crippen molar-refractivity contribution in [1.82, 2.24) is 0 Å². The molecule has 0 fully saturated rings. The second-order valence-corrected chi connectivity index (χ2v) is 7.64. The van der Waals surface area contributed by atoms with Gasteiger partial charge < -0.3 is 0 Å². The van der Waals surface area contributed by atoms with Crippen LogP contribution in [0.1, 0.15) is 57.9 Å². The molecule has 0 unspecified atom stereocenters. The highest BCUT2D eigenvalue weighted by Gasteiger charge is 2.12. The highest BCUT2D eigenvalue weighted by atomic mass is 31.1. The van der Waals surface area contributed by atoms with E-state index in [2.05, 4.69) is 45.0 Å². The smallest absolute Gasteiger partial charge is 0.0211 e. The summed E-state index contributed by atoms with van der Waals surface area (Å²) in [5, 5.41) is 1.67. The van der Waals surface area contributed by atoms with Gasteiger partial charge in [-0.15, -0.1) is 0 Å². The topological polar surface area (TPSA) is 0 Å². The lowest BCUT2D eigenvalue weighted by molar-refractivity contribution is 0.763. The van der Waals surface area contributed by atoms with Gasteiger partial charge in [-0.25, -0.2) is 0 Å². The van der Waals surface area contributed by atoms with Crippen LogP contribution in [0.3, 0.4) is 0 Å². The van der Waals surface area contributed by atoms with Crippen molar-refractivity contribution < 1.29 is 0 Å². The Labute approximate surface area is 115 Å². The molecule has 0 nitrogen and oxygen atoms in total. The van der Waals surface area contributed by atoms with Crippen LogP contribution in [-0.2, 0) is 0 Å². The molecule has 1 aromatic carbocycles. The van der Waals surface area contributed by atoms with Crippen LogP contribution in [-0.4, -0.2) is 12.3 Å². The molecule has 0 aliphatic carbocycles. The standard InChI is InChI=1S/C17H29P/c1-4-6-10-14-18(15-11-7-5-2)17-13-9-8-12-16(17)3/h8-9,12-13H,4-7,10-11,14-15H2,1-3H3. The fraction of sp³-hybridized carbons (Fsp3) is 0.647. The normalized spacial score (nSPS) is 11.1. The lowest BCUT2D eigenvalue weighted by Gasteiger charge is -2.20. The van der Waals surface area contributed by atoms with Gasteiger partial charge in [-0.1, -0.05) is 71.7 Å². The first-order chi connectivity index (χ1) is 8.79. The average Bonchev–Trinajstić information content (AvgIpc) is 2.38. The summed E-state index contributed by atoms with van der Waals surface area (Å²) in [6.45, 7) is 6.88. The molecule has 1 rings (SSSR count). The Morgan fingerprint density at radius 1 is 0.833 bits per heavy atom. The van der Waals surface area contributed by atoms with Crippen LogP contribution in [0, 0.1) is 6.92 Å². The van der Waals surface area contributed by atoms with Crippen LogP contribution in [0.5, 0.6) is 0 Å². The third kappa shape index (κ3) is 5.53. The molecule has 18 heavy (non-hydrogen) atoms. The number of rotatable bonds is 9. The molecule has 0 amide bonds. The molecule has 1 aromatic rings. The van der Waals surface area contributed by atoms with Crippen LogP contribution < -0.4 is 5.30 Å². The van der Waals surface area contributed by atoms with Gasteiger partial charge in [0.25, 0.3) is 0 Å². The fourth-order valence-corrected chi connectivity index (χ4v) is 5.16. The SMILES string of the molecule is CCCCCP(CCCCC)c1ccccc1C. The minimum Gasteiger partial charge on any atom is -0.0750 e. The maximum Gasteiger partial charge on any atom is -0.0211 e. The number of hydrogen-bond acceptors (Lipinski definition) is 0. The quantitative estimate of drug-likeness (QED) is 0.409. The zero-order chi connectivity index (χ0) is 13.2. The predicted molar refractivity (Wildman–Crippen MR) is 86.5 cm³/mol. The molecule has 0 N–H and O–H groups in total. The Morgan fingerprint density at radius 2 is 1.39 bits per heavy atom. The van der Waals surface area contributed by atoms with Crippen molar-refractivity contribution in [2.24, 2.45) is 0 Å². The van der Waals surface area contributed by atoms with Crippen molar-refractivity contribution in [2.45, 2.75) is 59.3 Å². The summed E-state index contributed by atoms with van der Waals surface area (Å²) >= 11 is 0. The zero-order valence-corrected chi connectivity index (χ0v) is 13.3. The fourth-order valence-electron chi connectivity index (χ4n) is 2.38.